The van der Waals surface area contributed by atoms with E-state index in [1.807, 2.05) is 0 Å². The van der Waals surface area contributed by atoms with E-state index >= 15 is 0 Å². The van der Waals surface area contributed by atoms with Crippen molar-refractivity contribution in [2.75, 3.05) is 62.7 Å². The molecule has 2 saturated heterocycles. The summed E-state index contributed by atoms with van der Waals surface area (Å²) >= 11 is 0. The number of benzene rings is 2. The maximum absolute atomic E-state index is 12.6. The van der Waals surface area contributed by atoms with Crippen molar-refractivity contribution in [1.82, 2.24) is 19.8 Å². The van der Waals surface area contributed by atoms with Crippen LogP contribution in [0.4, 0.5) is 11.5 Å². The van der Waals surface area contributed by atoms with Gasteiger partial charge in [0.2, 0.25) is 12.5 Å². The summed E-state index contributed by atoms with van der Waals surface area (Å²) in [5.74, 6) is 0.760. The highest BCUT2D eigenvalue weighted by atomic mass is 16.5. The summed E-state index contributed by atoms with van der Waals surface area (Å²) in [6.45, 7) is 16.4. The molecule has 42 heavy (non-hydrogen) atoms. The Morgan fingerprint density at radius 1 is 1.07 bits per heavy atom. The number of carbonyl (C=O) groups excluding carboxylic acids is 1. The normalized spacial score (nSPS) is 21.1. The highest BCUT2D eigenvalue weighted by molar-refractivity contribution is 5.94. The van der Waals surface area contributed by atoms with Crippen molar-refractivity contribution in [3.63, 3.8) is 0 Å². The van der Waals surface area contributed by atoms with E-state index in [-0.39, 0.29) is 18.5 Å². The highest BCUT2D eigenvalue weighted by Gasteiger charge is 2.34. The lowest BCUT2D eigenvalue weighted by atomic mass is 10.1. The van der Waals surface area contributed by atoms with Gasteiger partial charge in [0, 0.05) is 48.9 Å². The largest absolute Gasteiger partial charge is 0.462 e. The molecule has 1 aromatic heterocycles. The Labute approximate surface area is 248 Å². The maximum atomic E-state index is 12.6. The van der Waals surface area contributed by atoms with Gasteiger partial charge >= 0.3 is 6.01 Å². The lowest BCUT2D eigenvalue weighted by Crippen LogP contribution is -2.56. The Hall–Kier alpha value is -4.16. The van der Waals surface area contributed by atoms with Crippen molar-refractivity contribution in [2.24, 2.45) is 0 Å². The van der Waals surface area contributed by atoms with Crippen LogP contribution in [0.5, 0.6) is 6.01 Å². The third kappa shape index (κ3) is 5.64. The van der Waals surface area contributed by atoms with Gasteiger partial charge in [0.25, 0.3) is 0 Å². The number of aromatic nitrogens is 2. The number of hydrogen-bond acceptors (Lipinski definition) is 7. The van der Waals surface area contributed by atoms with Crippen LogP contribution in [0.2, 0.25) is 0 Å². The van der Waals surface area contributed by atoms with E-state index < -0.39 is 0 Å². The maximum Gasteiger partial charge on any atom is 0.318 e. The van der Waals surface area contributed by atoms with Crippen LogP contribution in [-0.4, -0.2) is 90.7 Å². The summed E-state index contributed by atoms with van der Waals surface area (Å²) in [6.07, 6.45) is 5.46. The zero-order valence-corrected chi connectivity index (χ0v) is 24.4. The topological polar surface area (TPSA) is 69.4 Å². The molecule has 4 heterocycles. The molecule has 3 aliphatic heterocycles. The van der Waals surface area contributed by atoms with E-state index in [0.717, 1.165) is 49.4 Å². The molecule has 2 aromatic carbocycles. The smallest absolute Gasteiger partial charge is 0.318 e. The molecular weight excluding hydrogens is 526 g/mol. The Kier molecular flexibility index (Phi) is 8.24. The second-order valence-corrected chi connectivity index (χ2v) is 11.5. The van der Waals surface area contributed by atoms with Crippen LogP contribution < -0.4 is 14.5 Å². The zero-order valence-electron chi connectivity index (χ0n) is 24.4. The summed E-state index contributed by atoms with van der Waals surface area (Å²) in [5.41, 5.74) is 3.35. The summed E-state index contributed by atoms with van der Waals surface area (Å²) < 4.78 is 6.33. The molecule has 0 N–H and O–H groups in total. The van der Waals surface area contributed by atoms with Crippen molar-refractivity contribution in [2.45, 2.75) is 44.3 Å². The van der Waals surface area contributed by atoms with Gasteiger partial charge < -0.3 is 29.2 Å². The van der Waals surface area contributed by atoms with E-state index in [1.54, 1.807) is 4.90 Å². The van der Waals surface area contributed by atoms with Crippen LogP contribution in [0.15, 0.2) is 55.1 Å². The molecule has 0 aliphatic carbocycles. The molecule has 9 nitrogen and oxygen atoms in total. The predicted octanol–water partition coefficient (Wildman–Crippen LogP) is 4.18. The molecule has 0 unspecified atom stereocenters. The van der Waals surface area contributed by atoms with Crippen LogP contribution in [-0.2, 0) is 17.8 Å². The molecule has 0 bridgehead atoms. The van der Waals surface area contributed by atoms with Crippen LogP contribution in [0.3, 0.4) is 0 Å². The first-order valence-corrected chi connectivity index (χ1v) is 15.0. The summed E-state index contributed by atoms with van der Waals surface area (Å²) in [7, 11) is 2.15. The molecule has 3 aliphatic rings. The van der Waals surface area contributed by atoms with Crippen LogP contribution in [0.25, 0.3) is 15.6 Å². The Morgan fingerprint density at radius 3 is 2.74 bits per heavy atom. The number of amides is 1. The van der Waals surface area contributed by atoms with Crippen LogP contribution >= 0.6 is 0 Å². The standard InChI is InChI=1S/C33H39N7O2/c1-4-31(41)40-19-18-39(21-26(40)20-34-2)32-28-14-9-17-38(30-15-7-11-24-10-5-6-13-27(24)30)22-29(28)35-33(36-32)42-23-25-12-8-16-37(25)3/h4-7,10-11,13,15,25-26H,1,8-9,12,14,16-23H2,3H3/t25-,26-/m0/s1. The molecule has 0 radical (unpaired) electrons. The van der Waals surface area contributed by atoms with Gasteiger partial charge in [-0.25, -0.2) is 6.57 Å². The van der Waals surface area contributed by atoms with E-state index in [9.17, 15) is 4.79 Å². The molecule has 6 rings (SSSR count). The minimum absolute atomic E-state index is 0.125. The average Bonchev–Trinajstić information content (AvgIpc) is 3.31. The number of rotatable bonds is 7. The number of ether oxygens (including phenoxy) is 1. The van der Waals surface area contributed by atoms with Crippen molar-refractivity contribution in [3.8, 4) is 6.01 Å². The van der Waals surface area contributed by atoms with E-state index in [2.05, 4.69) is 75.6 Å². The van der Waals surface area contributed by atoms with Gasteiger partial charge in [-0.1, -0.05) is 43.0 Å². The fourth-order valence-electron chi connectivity index (χ4n) is 6.68. The molecule has 1 amide bonds. The number of piperazine rings is 1. The third-order valence-electron chi connectivity index (χ3n) is 8.97. The molecule has 2 atom stereocenters. The summed E-state index contributed by atoms with van der Waals surface area (Å²) in [5, 5.41) is 2.47. The van der Waals surface area contributed by atoms with Gasteiger partial charge in [0.1, 0.15) is 18.5 Å². The van der Waals surface area contributed by atoms with Gasteiger partial charge in [-0.05, 0) is 56.8 Å². The monoisotopic (exact) mass is 565 g/mol. The fourth-order valence-corrected chi connectivity index (χ4v) is 6.68. The second kappa shape index (κ2) is 12.4. The van der Waals surface area contributed by atoms with Crippen molar-refractivity contribution >= 4 is 28.2 Å². The van der Waals surface area contributed by atoms with Crippen molar-refractivity contribution < 1.29 is 9.53 Å². The lowest BCUT2D eigenvalue weighted by Gasteiger charge is -2.40. The molecule has 0 saturated carbocycles. The van der Waals surface area contributed by atoms with Gasteiger partial charge in [-0.3, -0.25) is 4.79 Å². The Morgan fingerprint density at radius 2 is 1.93 bits per heavy atom. The van der Waals surface area contributed by atoms with Gasteiger partial charge in [0.15, 0.2) is 0 Å². The SMILES string of the molecule is [C-]#[N+]C[C@H]1CN(c2nc(OC[C@@H]3CCCN3C)nc3c2CCCN(c2cccc4ccccc24)C3)CCN1C(=O)C=C. The quantitative estimate of drug-likeness (QED) is 0.315. The van der Waals surface area contributed by atoms with E-state index in [1.165, 1.54) is 29.0 Å². The average molecular weight is 566 g/mol. The number of fused-ring (bicyclic) bond motifs is 2. The first-order valence-electron chi connectivity index (χ1n) is 15.0. The van der Waals surface area contributed by atoms with Gasteiger partial charge in [-0.2, -0.15) is 9.97 Å². The van der Waals surface area contributed by atoms with Gasteiger partial charge in [-0.15, -0.1) is 0 Å². The van der Waals surface area contributed by atoms with Crippen molar-refractivity contribution in [3.05, 3.63) is 77.8 Å². The Bertz CT molecular complexity index is 1500. The molecule has 0 spiro atoms. The lowest BCUT2D eigenvalue weighted by molar-refractivity contribution is -0.128. The molecule has 3 aromatic rings. The minimum Gasteiger partial charge on any atom is -0.462 e. The first kappa shape index (κ1) is 28.0. The fraction of sp³-hybridized carbons (Fsp3) is 0.455. The molecule has 218 valence electrons. The van der Waals surface area contributed by atoms with Crippen LogP contribution in [0.1, 0.15) is 30.5 Å². The number of nitrogens with zero attached hydrogens (tertiary/aromatic N) is 7. The number of likely N-dealkylation sites (tertiary alicyclic amines) is 1. The summed E-state index contributed by atoms with van der Waals surface area (Å²) in [6, 6.07) is 15.6. The van der Waals surface area contributed by atoms with Crippen LogP contribution in [0, 0.1) is 6.57 Å². The zero-order chi connectivity index (χ0) is 29.1. The van der Waals surface area contributed by atoms with Crippen molar-refractivity contribution in [1.29, 1.82) is 0 Å². The molecule has 2 fully saturated rings. The number of hydrogen-bond donors (Lipinski definition) is 0. The molecule has 9 heteroatoms. The van der Waals surface area contributed by atoms with E-state index in [0.29, 0.717) is 44.8 Å². The first-order chi connectivity index (χ1) is 20.6. The second-order valence-electron chi connectivity index (χ2n) is 11.5. The number of likely N-dealkylation sites (N-methyl/N-ethyl adjacent to an activating group) is 1. The summed E-state index contributed by atoms with van der Waals surface area (Å²) in [4.78, 5) is 35.1. The van der Waals surface area contributed by atoms with Gasteiger partial charge in [0.05, 0.1) is 12.2 Å². The van der Waals surface area contributed by atoms with E-state index in [4.69, 9.17) is 21.3 Å². The third-order valence-corrected chi connectivity index (χ3v) is 8.97. The predicted molar refractivity (Wildman–Crippen MR) is 166 cm³/mol. The number of carbonyl (C=O) groups is 1. The molecular formula is C33H39N7O2. The number of anilines is 2. The highest BCUT2D eigenvalue weighted by Crippen LogP contribution is 2.34. The minimum atomic E-state index is -0.221. The Balaban J connectivity index is 1.35.